The van der Waals surface area contributed by atoms with Crippen molar-refractivity contribution in [3.63, 3.8) is 0 Å². The first kappa shape index (κ1) is 15.0. The summed E-state index contributed by atoms with van der Waals surface area (Å²) in [4.78, 5) is 14.4. The lowest BCUT2D eigenvalue weighted by Gasteiger charge is -2.31. The van der Waals surface area contributed by atoms with Crippen LogP contribution in [-0.4, -0.2) is 50.1 Å². The molecule has 0 spiro atoms. The summed E-state index contributed by atoms with van der Waals surface area (Å²) in [6.07, 6.45) is 2.40. The van der Waals surface area contributed by atoms with E-state index >= 15 is 0 Å². The molecule has 1 aromatic carbocycles. The molecule has 0 amide bonds. The highest BCUT2D eigenvalue weighted by atomic mass is 16.5. The van der Waals surface area contributed by atoms with Gasteiger partial charge in [0.15, 0.2) is 5.78 Å². The van der Waals surface area contributed by atoms with Crippen LogP contribution in [0.3, 0.4) is 0 Å². The molecule has 4 nitrogen and oxygen atoms in total. The van der Waals surface area contributed by atoms with Gasteiger partial charge < -0.3 is 9.47 Å². The summed E-state index contributed by atoms with van der Waals surface area (Å²) in [6, 6.07) is 7.31. The van der Waals surface area contributed by atoms with Crippen LogP contribution >= 0.6 is 0 Å². The van der Waals surface area contributed by atoms with Gasteiger partial charge in [-0.25, -0.2) is 0 Å². The second-order valence-electron chi connectivity index (χ2n) is 5.08. The predicted octanol–water partition coefficient (Wildman–Crippen LogP) is 2.38. The number of carbonyl (C=O) groups excluding carboxylic acids is 1. The molecule has 2 rings (SSSR count). The zero-order valence-electron chi connectivity index (χ0n) is 12.3. The van der Waals surface area contributed by atoms with Crippen LogP contribution in [0.4, 0.5) is 0 Å². The van der Waals surface area contributed by atoms with Crippen LogP contribution in [-0.2, 0) is 4.74 Å². The largest absolute Gasteiger partial charge is 0.497 e. The molecular formula is C16H23NO3. The van der Waals surface area contributed by atoms with Crippen LogP contribution in [0.25, 0.3) is 0 Å². The van der Waals surface area contributed by atoms with Crippen molar-refractivity contribution >= 4 is 5.78 Å². The Bertz CT molecular complexity index is 422. The predicted molar refractivity (Wildman–Crippen MR) is 78.4 cm³/mol. The average molecular weight is 277 g/mol. The number of benzene rings is 1. The fourth-order valence-electron chi connectivity index (χ4n) is 2.54. The zero-order valence-corrected chi connectivity index (χ0v) is 12.3. The van der Waals surface area contributed by atoms with Crippen LogP contribution in [0.2, 0.25) is 0 Å². The molecule has 0 radical (unpaired) electrons. The molecule has 1 aliphatic rings. The van der Waals surface area contributed by atoms with Crippen molar-refractivity contribution in [2.24, 2.45) is 0 Å². The Kier molecular flexibility index (Phi) is 5.56. The van der Waals surface area contributed by atoms with Crippen molar-refractivity contribution in [3.05, 3.63) is 29.8 Å². The van der Waals surface area contributed by atoms with Crippen LogP contribution < -0.4 is 4.74 Å². The van der Waals surface area contributed by atoms with E-state index in [2.05, 4.69) is 4.90 Å². The van der Waals surface area contributed by atoms with Crippen LogP contribution in [0.5, 0.6) is 5.75 Å². The summed E-state index contributed by atoms with van der Waals surface area (Å²) in [5, 5.41) is 0. The molecule has 0 bridgehead atoms. The number of hydrogen-bond donors (Lipinski definition) is 0. The summed E-state index contributed by atoms with van der Waals surface area (Å²) in [6.45, 7) is 5.17. The molecule has 0 atom stereocenters. The highest BCUT2D eigenvalue weighted by Crippen LogP contribution is 2.15. The number of rotatable bonds is 6. The van der Waals surface area contributed by atoms with Gasteiger partial charge in [-0.3, -0.25) is 9.69 Å². The number of hydrogen-bond acceptors (Lipinski definition) is 4. The molecule has 110 valence electrons. The average Bonchev–Trinajstić information content (AvgIpc) is 2.49. The van der Waals surface area contributed by atoms with E-state index in [0.717, 1.165) is 43.9 Å². The maximum Gasteiger partial charge on any atom is 0.176 e. The maximum atomic E-state index is 12.2. The second-order valence-corrected chi connectivity index (χ2v) is 5.08. The van der Waals surface area contributed by atoms with E-state index in [0.29, 0.717) is 12.6 Å². The Morgan fingerprint density at radius 2 is 1.90 bits per heavy atom. The van der Waals surface area contributed by atoms with E-state index in [-0.39, 0.29) is 5.78 Å². The van der Waals surface area contributed by atoms with Crippen molar-refractivity contribution in [2.75, 3.05) is 33.4 Å². The number of Topliss-reactive ketones (excluding diaryl/α,β-unsaturated/α-hetero) is 1. The van der Waals surface area contributed by atoms with Gasteiger partial charge in [-0.05, 0) is 44.0 Å². The smallest absolute Gasteiger partial charge is 0.176 e. The fraction of sp³-hybridized carbons (Fsp3) is 0.562. The first-order valence-corrected chi connectivity index (χ1v) is 7.24. The van der Waals surface area contributed by atoms with E-state index in [1.807, 2.05) is 31.2 Å². The molecule has 0 unspecified atom stereocenters. The minimum Gasteiger partial charge on any atom is -0.497 e. The molecule has 4 heteroatoms. The number of ketones is 1. The zero-order chi connectivity index (χ0) is 14.4. The van der Waals surface area contributed by atoms with Crippen LogP contribution in [0.15, 0.2) is 24.3 Å². The summed E-state index contributed by atoms with van der Waals surface area (Å²) in [7, 11) is 1.62. The molecule has 1 aliphatic heterocycles. The highest BCUT2D eigenvalue weighted by molar-refractivity contribution is 5.97. The third-order valence-electron chi connectivity index (χ3n) is 3.72. The number of nitrogens with zero attached hydrogens (tertiary/aromatic N) is 1. The van der Waals surface area contributed by atoms with Gasteiger partial charge in [0, 0.05) is 25.3 Å². The van der Waals surface area contributed by atoms with Crippen molar-refractivity contribution in [1.29, 1.82) is 0 Å². The van der Waals surface area contributed by atoms with Gasteiger partial charge in [0.1, 0.15) is 5.75 Å². The Balaban J connectivity index is 1.82. The number of carbonyl (C=O) groups is 1. The van der Waals surface area contributed by atoms with Crippen LogP contribution in [0, 0.1) is 0 Å². The van der Waals surface area contributed by atoms with E-state index < -0.39 is 0 Å². The molecular weight excluding hydrogens is 254 g/mol. The van der Waals surface area contributed by atoms with Crippen molar-refractivity contribution in [3.8, 4) is 5.75 Å². The van der Waals surface area contributed by atoms with Gasteiger partial charge in [-0.2, -0.15) is 0 Å². The minimum absolute atomic E-state index is 0.169. The summed E-state index contributed by atoms with van der Waals surface area (Å²) in [5.74, 6) is 0.946. The van der Waals surface area contributed by atoms with Gasteiger partial charge in [0.05, 0.1) is 19.8 Å². The Labute approximate surface area is 120 Å². The topological polar surface area (TPSA) is 38.8 Å². The quantitative estimate of drug-likeness (QED) is 0.748. The summed E-state index contributed by atoms with van der Waals surface area (Å²) < 4.78 is 10.7. The molecule has 1 heterocycles. The van der Waals surface area contributed by atoms with E-state index in [9.17, 15) is 4.79 Å². The molecule has 0 aromatic heterocycles. The fourth-order valence-corrected chi connectivity index (χ4v) is 2.54. The second kappa shape index (κ2) is 7.41. The highest BCUT2D eigenvalue weighted by Gasteiger charge is 2.21. The first-order chi connectivity index (χ1) is 9.72. The van der Waals surface area contributed by atoms with E-state index in [1.165, 1.54) is 0 Å². The molecule has 0 aliphatic carbocycles. The lowest BCUT2D eigenvalue weighted by Crippen LogP contribution is -2.39. The molecule has 20 heavy (non-hydrogen) atoms. The Hall–Kier alpha value is -1.39. The molecule has 1 fully saturated rings. The third kappa shape index (κ3) is 4.05. The minimum atomic E-state index is 0.169. The van der Waals surface area contributed by atoms with Gasteiger partial charge >= 0.3 is 0 Å². The van der Waals surface area contributed by atoms with Gasteiger partial charge in [0.25, 0.3) is 0 Å². The lowest BCUT2D eigenvalue weighted by molar-refractivity contribution is 0.0147. The molecule has 1 saturated heterocycles. The first-order valence-electron chi connectivity index (χ1n) is 7.24. The number of likely N-dealkylation sites (tertiary alicyclic amines) is 1. The maximum absolute atomic E-state index is 12.2. The SMILES string of the molecule is CCOC1CCN(CC(=O)c2ccc(OC)cc2)CC1. The number of ether oxygens (including phenoxy) is 2. The van der Waals surface area contributed by atoms with Gasteiger partial charge in [-0.1, -0.05) is 0 Å². The number of piperidine rings is 1. The third-order valence-corrected chi connectivity index (χ3v) is 3.72. The van der Waals surface area contributed by atoms with Crippen molar-refractivity contribution < 1.29 is 14.3 Å². The number of methoxy groups -OCH3 is 1. The Morgan fingerprint density at radius 1 is 1.25 bits per heavy atom. The van der Waals surface area contributed by atoms with E-state index in [1.54, 1.807) is 7.11 Å². The standard InChI is InChI=1S/C16H23NO3/c1-3-20-15-8-10-17(11-9-15)12-16(18)13-4-6-14(19-2)7-5-13/h4-7,15H,3,8-12H2,1-2H3. The normalized spacial score (nSPS) is 17.1. The van der Waals surface area contributed by atoms with Gasteiger partial charge in [0.2, 0.25) is 0 Å². The lowest BCUT2D eigenvalue weighted by atomic mass is 10.1. The van der Waals surface area contributed by atoms with Gasteiger partial charge in [-0.15, -0.1) is 0 Å². The molecule has 1 aromatic rings. The van der Waals surface area contributed by atoms with Crippen LogP contribution in [0.1, 0.15) is 30.1 Å². The molecule has 0 saturated carbocycles. The monoisotopic (exact) mass is 277 g/mol. The van der Waals surface area contributed by atoms with Crippen molar-refractivity contribution in [2.45, 2.75) is 25.9 Å². The van der Waals surface area contributed by atoms with Crippen molar-refractivity contribution in [1.82, 2.24) is 4.90 Å². The van der Waals surface area contributed by atoms with E-state index in [4.69, 9.17) is 9.47 Å². The summed E-state index contributed by atoms with van der Waals surface area (Å²) >= 11 is 0. The molecule has 0 N–H and O–H groups in total. The summed E-state index contributed by atoms with van der Waals surface area (Å²) in [5.41, 5.74) is 0.748. The Morgan fingerprint density at radius 3 is 2.45 bits per heavy atom.